The molecule has 8 heteroatoms. The topological polar surface area (TPSA) is 78.0 Å². The van der Waals surface area contributed by atoms with E-state index >= 15 is 0 Å². The third-order valence-electron chi connectivity index (χ3n) is 4.40. The standard InChI is InChI=1S/C21H35N5O2.HI/c1-4-22-21(24-13-19-16-26(10-11-28-19)15-17(2)3)25-14-20(27)23-12-18-8-6-5-7-9-18;/h5-9,17,19H,4,10-16H2,1-3H3,(H,23,27)(H2,22,24,25);1H. The van der Waals surface area contributed by atoms with Gasteiger partial charge in [0.2, 0.25) is 5.91 Å². The molecule has 1 unspecified atom stereocenters. The van der Waals surface area contributed by atoms with Crippen LogP contribution in [0.4, 0.5) is 0 Å². The molecule has 1 saturated heterocycles. The number of morpholine rings is 1. The average molecular weight is 517 g/mol. The van der Waals surface area contributed by atoms with Gasteiger partial charge in [0, 0.05) is 39.3 Å². The highest BCUT2D eigenvalue weighted by atomic mass is 127. The Labute approximate surface area is 192 Å². The van der Waals surface area contributed by atoms with Gasteiger partial charge in [-0.05, 0) is 18.4 Å². The predicted octanol–water partition coefficient (Wildman–Crippen LogP) is 1.83. The van der Waals surface area contributed by atoms with Crippen molar-refractivity contribution in [2.24, 2.45) is 10.9 Å². The maximum absolute atomic E-state index is 12.1. The maximum atomic E-state index is 12.1. The van der Waals surface area contributed by atoms with Crippen LogP contribution >= 0.6 is 24.0 Å². The highest BCUT2D eigenvalue weighted by Gasteiger charge is 2.21. The molecule has 0 aromatic heterocycles. The third kappa shape index (κ3) is 10.8. The van der Waals surface area contributed by atoms with Crippen LogP contribution in [0.5, 0.6) is 0 Å². The number of guanidine groups is 1. The second kappa shape index (κ2) is 14.6. The number of ether oxygens (including phenoxy) is 1. The molecule has 0 spiro atoms. The Morgan fingerprint density at radius 3 is 2.69 bits per heavy atom. The number of aliphatic imine (C=N–C) groups is 1. The smallest absolute Gasteiger partial charge is 0.242 e. The molecule has 0 bridgehead atoms. The SMILES string of the molecule is CCNC(=NCC(=O)NCc1ccccc1)NCC1CN(CC(C)C)CCO1.I. The van der Waals surface area contributed by atoms with Gasteiger partial charge in [0.05, 0.1) is 12.7 Å². The predicted molar refractivity (Wildman–Crippen MR) is 129 cm³/mol. The first-order valence-electron chi connectivity index (χ1n) is 10.2. The normalized spacial score (nSPS) is 17.5. The monoisotopic (exact) mass is 517 g/mol. The van der Waals surface area contributed by atoms with Crippen LogP contribution in [0, 0.1) is 5.92 Å². The van der Waals surface area contributed by atoms with Gasteiger partial charge in [-0.2, -0.15) is 0 Å². The molecule has 1 amide bonds. The molecule has 3 N–H and O–H groups in total. The Kier molecular flexibility index (Phi) is 12.9. The van der Waals surface area contributed by atoms with E-state index in [0.717, 1.165) is 38.3 Å². The fourth-order valence-electron chi connectivity index (χ4n) is 3.14. The second-order valence-electron chi connectivity index (χ2n) is 7.48. The molecule has 164 valence electrons. The molecule has 1 aliphatic heterocycles. The van der Waals surface area contributed by atoms with E-state index in [1.54, 1.807) is 0 Å². The van der Waals surface area contributed by atoms with Gasteiger partial charge in [-0.15, -0.1) is 24.0 Å². The van der Waals surface area contributed by atoms with Gasteiger partial charge < -0.3 is 20.7 Å². The van der Waals surface area contributed by atoms with E-state index in [9.17, 15) is 4.79 Å². The Hall–Kier alpha value is -1.39. The highest BCUT2D eigenvalue weighted by molar-refractivity contribution is 14.0. The molecule has 1 heterocycles. The van der Waals surface area contributed by atoms with Crippen molar-refractivity contribution in [1.82, 2.24) is 20.9 Å². The number of amides is 1. The zero-order chi connectivity index (χ0) is 20.2. The van der Waals surface area contributed by atoms with Crippen LogP contribution in [0.2, 0.25) is 0 Å². The highest BCUT2D eigenvalue weighted by Crippen LogP contribution is 2.07. The average Bonchev–Trinajstić information content (AvgIpc) is 2.69. The number of halogens is 1. The fourth-order valence-corrected chi connectivity index (χ4v) is 3.14. The number of carbonyl (C=O) groups excluding carboxylic acids is 1. The van der Waals surface area contributed by atoms with Gasteiger partial charge in [0.15, 0.2) is 5.96 Å². The molecule has 1 aromatic rings. The molecule has 0 saturated carbocycles. The van der Waals surface area contributed by atoms with Gasteiger partial charge in [0.25, 0.3) is 0 Å². The van der Waals surface area contributed by atoms with Crippen LogP contribution < -0.4 is 16.0 Å². The first-order chi connectivity index (χ1) is 13.6. The van der Waals surface area contributed by atoms with Crippen molar-refractivity contribution >= 4 is 35.8 Å². The molecule has 1 fully saturated rings. The van der Waals surface area contributed by atoms with Crippen LogP contribution in [0.1, 0.15) is 26.3 Å². The van der Waals surface area contributed by atoms with E-state index in [1.165, 1.54) is 0 Å². The largest absolute Gasteiger partial charge is 0.374 e. The maximum Gasteiger partial charge on any atom is 0.242 e. The Morgan fingerprint density at radius 2 is 2.00 bits per heavy atom. The first kappa shape index (κ1) is 25.6. The molecule has 2 rings (SSSR count). The molecule has 1 aliphatic rings. The number of benzene rings is 1. The number of rotatable bonds is 9. The summed E-state index contributed by atoms with van der Waals surface area (Å²) in [4.78, 5) is 18.9. The Bertz CT molecular complexity index is 612. The van der Waals surface area contributed by atoms with Crippen LogP contribution in [0.25, 0.3) is 0 Å². The lowest BCUT2D eigenvalue weighted by molar-refractivity contribution is -0.119. The summed E-state index contributed by atoms with van der Waals surface area (Å²) in [6.45, 7) is 12.3. The zero-order valence-electron chi connectivity index (χ0n) is 17.8. The van der Waals surface area contributed by atoms with E-state index in [0.29, 0.717) is 25.0 Å². The third-order valence-corrected chi connectivity index (χ3v) is 4.40. The van der Waals surface area contributed by atoms with Crippen LogP contribution in [-0.4, -0.2) is 68.7 Å². The van der Waals surface area contributed by atoms with E-state index in [4.69, 9.17) is 4.74 Å². The van der Waals surface area contributed by atoms with E-state index in [2.05, 4.69) is 39.7 Å². The van der Waals surface area contributed by atoms with E-state index < -0.39 is 0 Å². The first-order valence-corrected chi connectivity index (χ1v) is 10.2. The van der Waals surface area contributed by atoms with Gasteiger partial charge in [0.1, 0.15) is 6.54 Å². The summed E-state index contributed by atoms with van der Waals surface area (Å²) >= 11 is 0. The van der Waals surface area contributed by atoms with Crippen molar-refractivity contribution in [2.75, 3.05) is 45.9 Å². The van der Waals surface area contributed by atoms with Crippen LogP contribution in [-0.2, 0) is 16.1 Å². The summed E-state index contributed by atoms with van der Waals surface area (Å²) in [6.07, 6.45) is 0.128. The van der Waals surface area contributed by atoms with E-state index in [-0.39, 0.29) is 42.5 Å². The minimum absolute atomic E-state index is 0. The number of carbonyl (C=O) groups is 1. The molecule has 0 aliphatic carbocycles. The number of nitrogens with one attached hydrogen (secondary N) is 3. The van der Waals surface area contributed by atoms with Crippen LogP contribution in [0.15, 0.2) is 35.3 Å². The number of hydrogen-bond acceptors (Lipinski definition) is 4. The van der Waals surface area contributed by atoms with E-state index in [1.807, 2.05) is 37.3 Å². The number of nitrogens with zero attached hydrogens (tertiary/aromatic N) is 2. The zero-order valence-corrected chi connectivity index (χ0v) is 20.1. The second-order valence-corrected chi connectivity index (χ2v) is 7.48. The van der Waals surface area contributed by atoms with Crippen molar-refractivity contribution < 1.29 is 9.53 Å². The van der Waals surface area contributed by atoms with Gasteiger partial charge in [-0.25, -0.2) is 4.99 Å². The van der Waals surface area contributed by atoms with Gasteiger partial charge in [-0.1, -0.05) is 44.2 Å². The summed E-state index contributed by atoms with van der Waals surface area (Å²) in [5, 5.41) is 9.38. The lowest BCUT2D eigenvalue weighted by Crippen LogP contribution is -2.50. The van der Waals surface area contributed by atoms with Gasteiger partial charge >= 0.3 is 0 Å². The summed E-state index contributed by atoms with van der Waals surface area (Å²) in [6, 6.07) is 9.86. The summed E-state index contributed by atoms with van der Waals surface area (Å²) in [7, 11) is 0. The summed E-state index contributed by atoms with van der Waals surface area (Å²) < 4.78 is 5.87. The molecular formula is C21H36IN5O2. The van der Waals surface area contributed by atoms with Gasteiger partial charge in [-0.3, -0.25) is 9.69 Å². The molecule has 1 aromatic carbocycles. The minimum Gasteiger partial charge on any atom is -0.374 e. The summed E-state index contributed by atoms with van der Waals surface area (Å²) in [5.41, 5.74) is 1.07. The summed E-state index contributed by atoms with van der Waals surface area (Å²) in [5.74, 6) is 1.19. The minimum atomic E-state index is -0.0990. The van der Waals surface area contributed by atoms with Crippen molar-refractivity contribution in [2.45, 2.75) is 33.4 Å². The Morgan fingerprint density at radius 1 is 1.24 bits per heavy atom. The molecular weight excluding hydrogens is 481 g/mol. The lowest BCUT2D eigenvalue weighted by Gasteiger charge is -2.34. The van der Waals surface area contributed by atoms with Crippen molar-refractivity contribution in [1.29, 1.82) is 0 Å². The fraction of sp³-hybridized carbons (Fsp3) is 0.619. The van der Waals surface area contributed by atoms with Crippen molar-refractivity contribution in [3.63, 3.8) is 0 Å². The number of hydrogen-bond donors (Lipinski definition) is 3. The molecule has 1 atom stereocenters. The van der Waals surface area contributed by atoms with Crippen molar-refractivity contribution in [3.8, 4) is 0 Å². The van der Waals surface area contributed by atoms with Crippen LogP contribution in [0.3, 0.4) is 0 Å². The molecule has 0 radical (unpaired) electrons. The molecule has 7 nitrogen and oxygen atoms in total. The molecule has 29 heavy (non-hydrogen) atoms. The quantitative estimate of drug-likeness (QED) is 0.265. The Balaban J connectivity index is 0.00000420. The van der Waals surface area contributed by atoms with Crippen molar-refractivity contribution in [3.05, 3.63) is 35.9 Å². The lowest BCUT2D eigenvalue weighted by atomic mass is 10.2.